The fourth-order valence-corrected chi connectivity index (χ4v) is 2.97. The van der Waals surface area contributed by atoms with Gasteiger partial charge in [-0.15, -0.1) is 0 Å². The van der Waals surface area contributed by atoms with Crippen molar-refractivity contribution < 1.29 is 9.59 Å². The van der Waals surface area contributed by atoms with Crippen LogP contribution in [0.3, 0.4) is 0 Å². The smallest absolute Gasteiger partial charge is 0.324 e. The number of nitrogens with zero attached hydrogens (tertiary/aromatic N) is 3. The highest BCUT2D eigenvalue weighted by Crippen LogP contribution is 2.24. The number of para-hydroxylation sites is 1. The lowest BCUT2D eigenvalue weighted by molar-refractivity contribution is 0.102. The second kappa shape index (κ2) is 5.94. The van der Waals surface area contributed by atoms with Crippen molar-refractivity contribution in [3.63, 3.8) is 0 Å². The molecular weight excluding hydrogens is 318 g/mol. The molecule has 1 aliphatic heterocycles. The Morgan fingerprint density at radius 3 is 2.80 bits per heavy atom. The average molecular weight is 335 g/mol. The van der Waals surface area contributed by atoms with E-state index in [1.807, 2.05) is 36.4 Å². The van der Waals surface area contributed by atoms with E-state index in [1.165, 1.54) is 0 Å². The monoisotopic (exact) mass is 335 g/mol. The number of aromatic amines is 1. The summed E-state index contributed by atoms with van der Waals surface area (Å²) in [5.41, 5.74) is 2.54. The van der Waals surface area contributed by atoms with Crippen LogP contribution in [0.25, 0.3) is 10.9 Å². The second-order valence-corrected chi connectivity index (χ2v) is 5.98. The molecule has 1 fully saturated rings. The Morgan fingerprint density at radius 1 is 1.16 bits per heavy atom. The summed E-state index contributed by atoms with van der Waals surface area (Å²) >= 11 is 0. The Hall–Kier alpha value is -3.35. The van der Waals surface area contributed by atoms with Crippen LogP contribution in [0.4, 0.5) is 16.2 Å². The Kier molecular flexibility index (Phi) is 3.61. The van der Waals surface area contributed by atoms with Gasteiger partial charge >= 0.3 is 6.03 Å². The van der Waals surface area contributed by atoms with Gasteiger partial charge in [0.05, 0.1) is 5.52 Å². The van der Waals surface area contributed by atoms with Crippen molar-refractivity contribution >= 4 is 34.2 Å². The molecule has 0 aliphatic carbocycles. The second-order valence-electron chi connectivity index (χ2n) is 5.98. The summed E-state index contributed by atoms with van der Waals surface area (Å²) in [6.45, 7) is 1.32. The average Bonchev–Trinajstić information content (AvgIpc) is 3.19. The molecule has 1 aromatic heterocycles. The lowest BCUT2D eigenvalue weighted by Crippen LogP contribution is -2.29. The molecule has 2 aromatic carbocycles. The SMILES string of the molecule is CN1CCN(c2cccc(NC(=O)c3n[nH]c4ccccc34)c2)C1=O. The van der Waals surface area contributed by atoms with E-state index in [2.05, 4.69) is 15.5 Å². The fraction of sp³-hybridized carbons (Fsp3) is 0.167. The van der Waals surface area contributed by atoms with Gasteiger partial charge in [0.2, 0.25) is 0 Å². The number of amides is 3. The number of hydrogen-bond donors (Lipinski definition) is 2. The first-order chi connectivity index (χ1) is 12.1. The van der Waals surface area contributed by atoms with E-state index < -0.39 is 0 Å². The Labute approximate surface area is 144 Å². The molecule has 0 unspecified atom stereocenters. The van der Waals surface area contributed by atoms with E-state index in [1.54, 1.807) is 29.0 Å². The Morgan fingerprint density at radius 2 is 2.00 bits per heavy atom. The molecule has 0 atom stereocenters. The van der Waals surface area contributed by atoms with Crippen LogP contribution in [-0.2, 0) is 0 Å². The van der Waals surface area contributed by atoms with Crippen LogP contribution in [0.15, 0.2) is 48.5 Å². The number of carbonyl (C=O) groups excluding carboxylic acids is 2. The maximum absolute atomic E-state index is 12.6. The number of H-pyrrole nitrogens is 1. The van der Waals surface area contributed by atoms with Crippen LogP contribution in [0.2, 0.25) is 0 Å². The number of nitrogens with one attached hydrogen (secondary N) is 2. The van der Waals surface area contributed by atoms with Gasteiger partial charge in [-0.3, -0.25) is 14.8 Å². The van der Waals surface area contributed by atoms with Gasteiger partial charge in [0.1, 0.15) is 0 Å². The van der Waals surface area contributed by atoms with Crippen LogP contribution < -0.4 is 10.2 Å². The van der Waals surface area contributed by atoms with Crippen molar-refractivity contribution in [2.75, 3.05) is 30.4 Å². The van der Waals surface area contributed by atoms with E-state index in [0.29, 0.717) is 24.5 Å². The van der Waals surface area contributed by atoms with Crippen LogP contribution in [0.1, 0.15) is 10.5 Å². The molecule has 0 radical (unpaired) electrons. The minimum absolute atomic E-state index is 0.0400. The molecule has 7 nitrogen and oxygen atoms in total. The molecule has 3 amide bonds. The van der Waals surface area contributed by atoms with Crippen LogP contribution >= 0.6 is 0 Å². The van der Waals surface area contributed by atoms with Gasteiger partial charge in [-0.25, -0.2) is 4.79 Å². The molecule has 3 aromatic rings. The lowest BCUT2D eigenvalue weighted by atomic mass is 10.2. The minimum atomic E-state index is -0.292. The summed E-state index contributed by atoms with van der Waals surface area (Å²) in [6, 6.07) is 14.7. The molecule has 2 heterocycles. The predicted molar refractivity (Wildman–Crippen MR) is 95.9 cm³/mol. The van der Waals surface area contributed by atoms with Gasteiger partial charge in [0.25, 0.3) is 5.91 Å². The zero-order valence-electron chi connectivity index (χ0n) is 13.7. The van der Waals surface area contributed by atoms with E-state index in [4.69, 9.17) is 0 Å². The zero-order valence-corrected chi connectivity index (χ0v) is 13.7. The van der Waals surface area contributed by atoms with Crippen LogP contribution in [0.5, 0.6) is 0 Å². The minimum Gasteiger partial charge on any atom is -0.326 e. The van der Waals surface area contributed by atoms with Crippen molar-refractivity contribution in [1.29, 1.82) is 0 Å². The number of anilines is 2. The van der Waals surface area contributed by atoms with Crippen molar-refractivity contribution in [2.45, 2.75) is 0 Å². The summed E-state index contributed by atoms with van der Waals surface area (Å²) in [5, 5.41) is 10.6. The van der Waals surface area contributed by atoms with Gasteiger partial charge in [0.15, 0.2) is 5.69 Å². The largest absolute Gasteiger partial charge is 0.326 e. The number of benzene rings is 2. The van der Waals surface area contributed by atoms with Gasteiger partial charge in [-0.05, 0) is 24.3 Å². The molecule has 4 rings (SSSR count). The molecule has 1 aliphatic rings. The number of urea groups is 1. The maximum Gasteiger partial charge on any atom is 0.324 e. The van der Waals surface area contributed by atoms with Gasteiger partial charge in [0, 0.05) is 36.9 Å². The first-order valence-corrected chi connectivity index (χ1v) is 8.00. The summed E-state index contributed by atoms with van der Waals surface area (Å²) in [6.07, 6.45) is 0. The number of hydrogen-bond acceptors (Lipinski definition) is 3. The van der Waals surface area contributed by atoms with E-state index in [-0.39, 0.29) is 11.9 Å². The molecule has 25 heavy (non-hydrogen) atoms. The normalized spacial score (nSPS) is 14.4. The summed E-state index contributed by atoms with van der Waals surface area (Å²) in [7, 11) is 1.77. The highest BCUT2D eigenvalue weighted by Gasteiger charge is 2.26. The predicted octanol–water partition coefficient (Wildman–Crippen LogP) is 2.69. The van der Waals surface area contributed by atoms with E-state index in [0.717, 1.165) is 16.6 Å². The van der Waals surface area contributed by atoms with E-state index >= 15 is 0 Å². The Balaban J connectivity index is 1.58. The third-order valence-corrected chi connectivity index (χ3v) is 4.32. The molecule has 0 bridgehead atoms. The maximum atomic E-state index is 12.6. The number of rotatable bonds is 3. The van der Waals surface area contributed by atoms with Crippen molar-refractivity contribution in [1.82, 2.24) is 15.1 Å². The van der Waals surface area contributed by atoms with Crippen LogP contribution in [-0.4, -0.2) is 47.2 Å². The van der Waals surface area contributed by atoms with E-state index in [9.17, 15) is 9.59 Å². The van der Waals surface area contributed by atoms with Crippen molar-refractivity contribution in [3.05, 3.63) is 54.2 Å². The van der Waals surface area contributed by atoms with Crippen molar-refractivity contribution in [3.8, 4) is 0 Å². The highest BCUT2D eigenvalue weighted by atomic mass is 16.2. The summed E-state index contributed by atoms with van der Waals surface area (Å²) in [4.78, 5) is 28.0. The van der Waals surface area contributed by atoms with Gasteiger partial charge < -0.3 is 10.2 Å². The third-order valence-electron chi connectivity index (χ3n) is 4.32. The molecule has 0 spiro atoms. The first kappa shape index (κ1) is 15.2. The molecular formula is C18H17N5O2. The van der Waals surface area contributed by atoms with Crippen molar-refractivity contribution in [2.24, 2.45) is 0 Å². The third kappa shape index (κ3) is 2.69. The highest BCUT2D eigenvalue weighted by molar-refractivity contribution is 6.11. The quantitative estimate of drug-likeness (QED) is 0.772. The summed E-state index contributed by atoms with van der Waals surface area (Å²) in [5.74, 6) is -0.292. The number of carbonyl (C=O) groups is 2. The van der Waals surface area contributed by atoms with Crippen LogP contribution in [0, 0.1) is 0 Å². The topological polar surface area (TPSA) is 81.3 Å². The number of fused-ring (bicyclic) bond motifs is 1. The molecule has 0 saturated carbocycles. The standard InChI is InChI=1S/C18H17N5O2/c1-22-9-10-23(18(22)25)13-6-4-5-12(11-13)19-17(24)16-14-7-2-3-8-15(14)20-21-16/h2-8,11H,9-10H2,1H3,(H,19,24)(H,20,21). The van der Waals surface area contributed by atoms with Gasteiger partial charge in [-0.2, -0.15) is 5.10 Å². The molecule has 1 saturated heterocycles. The lowest BCUT2D eigenvalue weighted by Gasteiger charge is -2.17. The number of aromatic nitrogens is 2. The van der Waals surface area contributed by atoms with Gasteiger partial charge in [-0.1, -0.05) is 24.3 Å². The Bertz CT molecular complexity index is 965. The zero-order chi connectivity index (χ0) is 17.4. The number of likely N-dealkylation sites (N-methyl/N-ethyl adjacent to an activating group) is 1. The first-order valence-electron chi connectivity index (χ1n) is 8.00. The fourth-order valence-electron chi connectivity index (χ4n) is 2.97. The summed E-state index contributed by atoms with van der Waals surface area (Å²) < 4.78 is 0. The molecule has 126 valence electrons. The molecule has 2 N–H and O–H groups in total. The molecule has 7 heteroatoms.